The Balaban J connectivity index is 1.07. The number of likely N-dealkylation sites (N-methyl/N-ethyl adjacent to an activating group) is 1. The fraction of sp³-hybridized carbons (Fsp3) is 0.643. The standard InChI is InChI=1S/C42H54N6O9S/c1-23-6-4-5-7-27-21-42(27,40(51)45-58(54,55)30-8-9-30)44-37(49)34-20-29(57-38-32-10-11-33-36(31(32)12-13-43-38)56-15-14-46(33)3)22-47(34)39(50)35(24(2)16-23)48(41(52)53)28-18-25-17-26(25)19-28/h5,7,10-13,23-30,34-35H,4,6,8-9,14-22H2,1-3H3,(H,44,49)(H,45,51)(H,52,53)/b7-5-/t23-,24-,25+,26?,27-,28?,29-,34+,35+,42-/m1/s1. The summed E-state index contributed by atoms with van der Waals surface area (Å²) in [5, 5.41) is 14.6. The number of anilines is 1. The third-order valence-corrected chi connectivity index (χ3v) is 15.7. The molecule has 312 valence electrons. The van der Waals surface area contributed by atoms with E-state index in [1.54, 1.807) is 6.20 Å². The van der Waals surface area contributed by atoms with Gasteiger partial charge in [-0.2, -0.15) is 0 Å². The van der Waals surface area contributed by atoms with Crippen LogP contribution in [0.1, 0.15) is 78.1 Å². The van der Waals surface area contributed by atoms with Crippen LogP contribution in [0.3, 0.4) is 0 Å². The topological polar surface area (TPSA) is 188 Å². The number of hydrogen-bond donors (Lipinski definition) is 3. The van der Waals surface area contributed by atoms with E-state index in [0.29, 0.717) is 68.2 Å². The summed E-state index contributed by atoms with van der Waals surface area (Å²) in [6.45, 7) is 5.28. The van der Waals surface area contributed by atoms with Gasteiger partial charge in [-0.1, -0.05) is 26.0 Å². The second-order valence-corrected chi connectivity index (χ2v) is 20.1. The molecule has 1 aromatic heterocycles. The molecule has 7 aliphatic rings. The van der Waals surface area contributed by atoms with E-state index in [9.17, 15) is 27.9 Å². The largest absolute Gasteiger partial charge is 0.489 e. The number of carbonyl (C=O) groups excluding carboxylic acids is 3. The van der Waals surface area contributed by atoms with Gasteiger partial charge >= 0.3 is 6.09 Å². The first-order valence-corrected chi connectivity index (χ1v) is 22.6. The molecule has 1 saturated heterocycles. The van der Waals surface area contributed by atoms with E-state index >= 15 is 4.79 Å². The average molecular weight is 819 g/mol. The van der Waals surface area contributed by atoms with Crippen LogP contribution < -0.4 is 24.4 Å². The van der Waals surface area contributed by atoms with Crippen molar-refractivity contribution in [1.29, 1.82) is 0 Å². The maximum absolute atomic E-state index is 15.3. The lowest BCUT2D eigenvalue weighted by Gasteiger charge is -2.40. The summed E-state index contributed by atoms with van der Waals surface area (Å²) >= 11 is 0. The minimum Gasteiger partial charge on any atom is -0.489 e. The Morgan fingerprint density at radius 2 is 1.83 bits per heavy atom. The first-order valence-electron chi connectivity index (χ1n) is 21.0. The van der Waals surface area contributed by atoms with E-state index in [-0.39, 0.29) is 37.3 Å². The van der Waals surface area contributed by atoms with Gasteiger partial charge in [-0.3, -0.25) is 24.0 Å². The van der Waals surface area contributed by atoms with Gasteiger partial charge in [0.15, 0.2) is 5.75 Å². The third-order valence-electron chi connectivity index (χ3n) is 13.9. The zero-order valence-corrected chi connectivity index (χ0v) is 34.2. The highest BCUT2D eigenvalue weighted by atomic mass is 32.2. The van der Waals surface area contributed by atoms with Crippen LogP contribution in [0.2, 0.25) is 0 Å². The molecule has 4 aliphatic carbocycles. The Hall–Kier alpha value is -4.60. The van der Waals surface area contributed by atoms with Crippen molar-refractivity contribution in [2.24, 2.45) is 29.6 Å². The summed E-state index contributed by atoms with van der Waals surface area (Å²) in [5.74, 6) is -0.589. The van der Waals surface area contributed by atoms with Gasteiger partial charge in [-0.15, -0.1) is 0 Å². The van der Waals surface area contributed by atoms with E-state index in [2.05, 4.69) is 26.8 Å². The molecule has 3 aliphatic heterocycles. The van der Waals surface area contributed by atoms with Crippen molar-refractivity contribution in [1.82, 2.24) is 24.8 Å². The number of aromatic nitrogens is 1. The highest BCUT2D eigenvalue weighted by molar-refractivity contribution is 7.91. The number of sulfonamides is 1. The highest BCUT2D eigenvalue weighted by Crippen LogP contribution is 2.54. The molecule has 0 spiro atoms. The molecular weight excluding hydrogens is 765 g/mol. The first kappa shape index (κ1) is 38.9. The molecule has 0 radical (unpaired) electrons. The van der Waals surface area contributed by atoms with Crippen LogP contribution in [0.5, 0.6) is 11.6 Å². The lowest BCUT2D eigenvalue weighted by molar-refractivity contribution is -0.145. The zero-order chi connectivity index (χ0) is 40.7. The summed E-state index contributed by atoms with van der Waals surface area (Å²) in [4.78, 5) is 66.7. The molecule has 2 unspecified atom stereocenters. The normalized spacial score (nSPS) is 35.2. The number of nitrogens with zero attached hydrogens (tertiary/aromatic N) is 4. The number of rotatable bonds is 7. The number of fused-ring (bicyclic) bond motifs is 6. The molecule has 4 amide bonds. The number of allylic oxidation sites excluding steroid dienone is 1. The van der Waals surface area contributed by atoms with Gasteiger partial charge in [-0.05, 0) is 99.7 Å². The fourth-order valence-electron chi connectivity index (χ4n) is 10.4. The maximum Gasteiger partial charge on any atom is 0.408 e. The number of pyridine rings is 1. The van der Waals surface area contributed by atoms with Crippen LogP contribution in [0.25, 0.3) is 10.8 Å². The van der Waals surface area contributed by atoms with Gasteiger partial charge in [0.1, 0.15) is 30.3 Å². The molecular formula is C42H54N6O9S. The smallest absolute Gasteiger partial charge is 0.408 e. The van der Waals surface area contributed by atoms with Crippen molar-refractivity contribution in [3.8, 4) is 11.6 Å². The second-order valence-electron chi connectivity index (χ2n) is 18.2. The number of carbonyl (C=O) groups is 4. The van der Waals surface area contributed by atoms with Gasteiger partial charge in [0.2, 0.25) is 27.7 Å². The van der Waals surface area contributed by atoms with Crippen molar-refractivity contribution in [2.45, 2.75) is 113 Å². The van der Waals surface area contributed by atoms with Crippen molar-refractivity contribution in [3.05, 3.63) is 36.5 Å². The average Bonchev–Trinajstić information content (AvgIpc) is 4.14. The van der Waals surface area contributed by atoms with E-state index in [1.165, 1.54) is 9.80 Å². The molecule has 58 heavy (non-hydrogen) atoms. The first-order chi connectivity index (χ1) is 27.7. The summed E-state index contributed by atoms with van der Waals surface area (Å²) in [5.41, 5.74) is -0.582. The second kappa shape index (κ2) is 14.6. The number of hydrogen-bond acceptors (Lipinski definition) is 10. The van der Waals surface area contributed by atoms with E-state index < -0.39 is 68.7 Å². The summed E-state index contributed by atoms with van der Waals surface area (Å²) in [7, 11) is -1.91. The van der Waals surface area contributed by atoms with Crippen molar-refractivity contribution in [3.63, 3.8) is 0 Å². The van der Waals surface area contributed by atoms with Gasteiger partial charge in [0.05, 0.1) is 24.0 Å². The molecule has 0 bridgehead atoms. The van der Waals surface area contributed by atoms with Crippen LogP contribution in [0, 0.1) is 29.6 Å². The number of amides is 4. The van der Waals surface area contributed by atoms with Gasteiger partial charge in [-0.25, -0.2) is 18.2 Å². The predicted molar refractivity (Wildman–Crippen MR) is 214 cm³/mol. The molecule has 3 N–H and O–H groups in total. The van der Waals surface area contributed by atoms with Gasteiger partial charge in [0.25, 0.3) is 5.91 Å². The Kier molecular flexibility index (Phi) is 9.79. The zero-order valence-electron chi connectivity index (χ0n) is 33.3. The fourth-order valence-corrected chi connectivity index (χ4v) is 11.7. The summed E-state index contributed by atoms with van der Waals surface area (Å²) < 4.78 is 40.9. The molecule has 15 nitrogen and oxygen atoms in total. The minimum absolute atomic E-state index is 0.0279. The van der Waals surface area contributed by atoms with E-state index in [4.69, 9.17) is 9.47 Å². The van der Waals surface area contributed by atoms with Crippen LogP contribution >= 0.6 is 0 Å². The Morgan fingerprint density at radius 1 is 1.05 bits per heavy atom. The highest BCUT2D eigenvalue weighted by Gasteiger charge is 2.62. The molecule has 16 heteroatoms. The van der Waals surface area contributed by atoms with Crippen LogP contribution in [0.15, 0.2) is 36.5 Å². The van der Waals surface area contributed by atoms with E-state index in [0.717, 1.165) is 36.2 Å². The number of benzene rings is 1. The van der Waals surface area contributed by atoms with E-state index in [1.807, 2.05) is 44.3 Å². The third kappa shape index (κ3) is 7.12. The van der Waals surface area contributed by atoms with Crippen LogP contribution in [0.4, 0.5) is 10.5 Å². The molecule has 10 atom stereocenters. The molecule has 2 aromatic rings. The predicted octanol–water partition coefficient (Wildman–Crippen LogP) is 4.05. The molecule has 4 heterocycles. The summed E-state index contributed by atoms with van der Waals surface area (Å²) in [6, 6.07) is 3.24. The maximum atomic E-state index is 15.3. The molecule has 1 aromatic carbocycles. The Bertz CT molecular complexity index is 2150. The number of carboxylic acid groups (broad SMARTS) is 1. The van der Waals surface area contributed by atoms with Crippen LogP contribution in [-0.4, -0.2) is 114 Å². The quantitative estimate of drug-likeness (QED) is 0.342. The van der Waals surface area contributed by atoms with Crippen molar-refractivity contribution in [2.75, 3.05) is 31.6 Å². The lowest BCUT2D eigenvalue weighted by atomic mass is 9.86. The van der Waals surface area contributed by atoms with Crippen LogP contribution in [-0.2, 0) is 24.4 Å². The monoisotopic (exact) mass is 818 g/mol. The Labute approximate surface area is 338 Å². The van der Waals surface area contributed by atoms with Crippen molar-refractivity contribution >= 4 is 50.3 Å². The lowest BCUT2D eigenvalue weighted by Crippen LogP contribution is -2.61. The SMILES string of the molecule is C[C@@H]1CC/C=C\[C@@H]2C[C@@]2(C(=O)NS(=O)(=O)C2CC2)NC(=O)[C@@H]2C[C@@H](Oc3nccc4c5c(ccc34)N(C)CCO5)CN2C(=O)[C@@H](N(C(=O)O)C2CC3C[C@H]3C2)[C@H](C)C1. The molecule has 4 saturated carbocycles. The molecule has 9 rings (SSSR count). The summed E-state index contributed by atoms with van der Waals surface area (Å²) in [6.07, 6.45) is 9.34. The minimum atomic E-state index is -3.91. The van der Waals surface area contributed by atoms with Gasteiger partial charge in [0, 0.05) is 42.4 Å². The van der Waals surface area contributed by atoms with Crippen molar-refractivity contribution < 1.29 is 42.2 Å². The number of ether oxygens (including phenoxy) is 2. The molecule has 5 fully saturated rings. The number of nitrogens with one attached hydrogen (secondary N) is 2. The van der Waals surface area contributed by atoms with Gasteiger partial charge < -0.3 is 29.7 Å². The Morgan fingerprint density at radius 3 is 2.57 bits per heavy atom.